The van der Waals surface area contributed by atoms with Crippen molar-refractivity contribution >= 4 is 29.2 Å². The van der Waals surface area contributed by atoms with Crippen LogP contribution in [0, 0.1) is 6.92 Å². The highest BCUT2D eigenvalue weighted by Crippen LogP contribution is 2.21. The Morgan fingerprint density at radius 3 is 2.48 bits per heavy atom. The molecule has 6 heteroatoms. The predicted octanol–water partition coefficient (Wildman–Crippen LogP) is 5.79. The number of nitrogens with one attached hydrogen (secondary N) is 1. The van der Waals surface area contributed by atoms with Gasteiger partial charge in [-0.15, -0.1) is 0 Å². The third-order valence-corrected chi connectivity index (χ3v) is 4.70. The molecule has 0 saturated carbocycles. The van der Waals surface area contributed by atoms with Crippen LogP contribution < -0.4 is 10.1 Å². The van der Waals surface area contributed by atoms with Crippen molar-refractivity contribution in [2.75, 3.05) is 11.9 Å². The Bertz CT molecular complexity index is 820. The maximum absolute atomic E-state index is 12.3. The van der Waals surface area contributed by atoms with Crippen LogP contribution in [-0.2, 0) is 9.53 Å². The van der Waals surface area contributed by atoms with Gasteiger partial charge in [-0.25, -0.2) is 4.79 Å². The summed E-state index contributed by atoms with van der Waals surface area (Å²) >= 11 is 5.96. The number of hydrogen-bond donors (Lipinski definition) is 1. The van der Waals surface area contributed by atoms with E-state index in [2.05, 4.69) is 12.2 Å². The molecule has 0 fully saturated rings. The minimum absolute atomic E-state index is 0.363. The number of anilines is 1. The van der Waals surface area contributed by atoms with Crippen molar-refractivity contribution in [2.24, 2.45) is 0 Å². The highest BCUT2D eigenvalue weighted by Gasteiger charge is 2.19. The Morgan fingerprint density at radius 1 is 1.07 bits per heavy atom. The van der Waals surface area contributed by atoms with Crippen LogP contribution in [0.4, 0.5) is 5.69 Å². The second kappa shape index (κ2) is 11.5. The number of rotatable bonds is 10. The average molecular weight is 418 g/mol. The Hall–Kier alpha value is -2.53. The van der Waals surface area contributed by atoms with E-state index in [4.69, 9.17) is 21.1 Å². The Kier molecular flexibility index (Phi) is 9.00. The molecule has 2 aromatic rings. The fraction of sp³-hybridized carbons (Fsp3) is 0.391. The molecule has 2 rings (SSSR count). The molecule has 0 saturated heterocycles. The maximum Gasteiger partial charge on any atom is 0.338 e. The van der Waals surface area contributed by atoms with Gasteiger partial charge in [0.25, 0.3) is 5.91 Å². The third-order valence-electron chi connectivity index (χ3n) is 4.47. The molecule has 5 nitrogen and oxygen atoms in total. The van der Waals surface area contributed by atoms with E-state index in [1.165, 1.54) is 19.8 Å². The SMILES string of the molecule is CCCCCCOc1ccc(C(=O)O[C@H](C)C(=O)Nc2cc(Cl)ccc2C)cc1. The smallest absolute Gasteiger partial charge is 0.338 e. The molecule has 0 bridgehead atoms. The van der Waals surface area contributed by atoms with Crippen molar-refractivity contribution in [3.05, 3.63) is 58.6 Å². The summed E-state index contributed by atoms with van der Waals surface area (Å²) in [5, 5.41) is 3.25. The third kappa shape index (κ3) is 7.42. The molecule has 2 aromatic carbocycles. The number of benzene rings is 2. The number of ether oxygens (including phenoxy) is 2. The number of aryl methyl sites for hydroxylation is 1. The summed E-state index contributed by atoms with van der Waals surface area (Å²) in [4.78, 5) is 24.7. The minimum atomic E-state index is -0.949. The molecule has 0 radical (unpaired) electrons. The highest BCUT2D eigenvalue weighted by atomic mass is 35.5. The fourth-order valence-corrected chi connectivity index (χ4v) is 2.82. The van der Waals surface area contributed by atoms with Crippen molar-refractivity contribution in [1.29, 1.82) is 0 Å². The summed E-state index contributed by atoms with van der Waals surface area (Å²) in [6.07, 6.45) is 3.60. The average Bonchev–Trinajstić information content (AvgIpc) is 2.71. The molecule has 0 aromatic heterocycles. The summed E-state index contributed by atoms with van der Waals surface area (Å²) in [6, 6.07) is 11.9. The molecule has 0 aliphatic carbocycles. The van der Waals surface area contributed by atoms with Gasteiger partial charge in [0.15, 0.2) is 6.10 Å². The minimum Gasteiger partial charge on any atom is -0.494 e. The van der Waals surface area contributed by atoms with Crippen LogP contribution >= 0.6 is 11.6 Å². The molecular weight excluding hydrogens is 390 g/mol. The molecule has 1 atom stereocenters. The van der Waals surface area contributed by atoms with E-state index in [-0.39, 0.29) is 0 Å². The Labute approximate surface area is 177 Å². The van der Waals surface area contributed by atoms with Crippen molar-refractivity contribution < 1.29 is 19.1 Å². The zero-order valence-corrected chi connectivity index (χ0v) is 17.9. The molecule has 0 heterocycles. The lowest BCUT2D eigenvalue weighted by atomic mass is 10.2. The van der Waals surface area contributed by atoms with Crippen molar-refractivity contribution in [3.8, 4) is 5.75 Å². The van der Waals surface area contributed by atoms with Gasteiger partial charge in [-0.3, -0.25) is 4.79 Å². The van der Waals surface area contributed by atoms with Gasteiger partial charge in [0.2, 0.25) is 0 Å². The first-order chi connectivity index (χ1) is 13.9. The van der Waals surface area contributed by atoms with E-state index >= 15 is 0 Å². The summed E-state index contributed by atoms with van der Waals surface area (Å²) < 4.78 is 10.9. The van der Waals surface area contributed by atoms with E-state index in [0.717, 1.165) is 18.4 Å². The molecule has 0 spiro atoms. The van der Waals surface area contributed by atoms with Gasteiger partial charge >= 0.3 is 5.97 Å². The first-order valence-corrected chi connectivity index (χ1v) is 10.3. The van der Waals surface area contributed by atoms with Crippen LogP contribution in [0.25, 0.3) is 0 Å². The molecule has 29 heavy (non-hydrogen) atoms. The lowest BCUT2D eigenvalue weighted by molar-refractivity contribution is -0.123. The lowest BCUT2D eigenvalue weighted by Crippen LogP contribution is -2.30. The van der Waals surface area contributed by atoms with E-state index < -0.39 is 18.0 Å². The number of unbranched alkanes of at least 4 members (excludes halogenated alkanes) is 3. The number of carbonyl (C=O) groups is 2. The van der Waals surface area contributed by atoms with Crippen LogP contribution in [0.1, 0.15) is 55.5 Å². The molecule has 0 aliphatic rings. The zero-order valence-electron chi connectivity index (χ0n) is 17.2. The molecule has 1 N–H and O–H groups in total. The first kappa shape index (κ1) is 22.8. The van der Waals surface area contributed by atoms with Gasteiger partial charge in [0, 0.05) is 10.7 Å². The quantitative estimate of drug-likeness (QED) is 0.392. The maximum atomic E-state index is 12.3. The molecule has 156 valence electrons. The van der Waals surface area contributed by atoms with Crippen molar-refractivity contribution in [1.82, 2.24) is 0 Å². The van der Waals surface area contributed by atoms with Crippen LogP contribution in [0.5, 0.6) is 5.75 Å². The van der Waals surface area contributed by atoms with Crippen LogP contribution in [0.3, 0.4) is 0 Å². The standard InChI is InChI=1S/C23H28ClNO4/c1-4-5-6-7-14-28-20-12-9-18(10-13-20)23(27)29-17(3)22(26)25-21-15-19(24)11-8-16(21)2/h8-13,15,17H,4-7,14H2,1-3H3,(H,25,26)/t17-/m1/s1. The second-order valence-electron chi connectivity index (χ2n) is 6.93. The van der Waals surface area contributed by atoms with Gasteiger partial charge in [-0.2, -0.15) is 0 Å². The van der Waals surface area contributed by atoms with E-state index in [9.17, 15) is 9.59 Å². The number of amides is 1. The topological polar surface area (TPSA) is 64.6 Å². The fourth-order valence-electron chi connectivity index (χ4n) is 2.65. The first-order valence-electron chi connectivity index (χ1n) is 9.91. The van der Waals surface area contributed by atoms with Gasteiger partial charge in [0.1, 0.15) is 5.75 Å². The lowest BCUT2D eigenvalue weighted by Gasteiger charge is -2.15. The van der Waals surface area contributed by atoms with E-state index in [0.29, 0.717) is 28.6 Å². The van der Waals surface area contributed by atoms with Crippen LogP contribution in [-0.4, -0.2) is 24.6 Å². The number of carbonyl (C=O) groups excluding carboxylic acids is 2. The monoisotopic (exact) mass is 417 g/mol. The number of esters is 1. The highest BCUT2D eigenvalue weighted by molar-refractivity contribution is 6.31. The largest absolute Gasteiger partial charge is 0.494 e. The zero-order chi connectivity index (χ0) is 21.2. The summed E-state index contributed by atoms with van der Waals surface area (Å²) in [7, 11) is 0. The van der Waals surface area contributed by atoms with E-state index in [1.54, 1.807) is 36.4 Å². The van der Waals surface area contributed by atoms with Crippen LogP contribution in [0.2, 0.25) is 5.02 Å². The Balaban J connectivity index is 1.85. The molecule has 0 aliphatic heterocycles. The van der Waals surface area contributed by atoms with Crippen LogP contribution in [0.15, 0.2) is 42.5 Å². The predicted molar refractivity (Wildman–Crippen MR) is 116 cm³/mol. The molecular formula is C23H28ClNO4. The summed E-state index contributed by atoms with van der Waals surface area (Å²) in [5.41, 5.74) is 1.82. The van der Waals surface area contributed by atoms with Gasteiger partial charge < -0.3 is 14.8 Å². The van der Waals surface area contributed by atoms with Gasteiger partial charge in [0.05, 0.1) is 12.2 Å². The molecule has 1 amide bonds. The van der Waals surface area contributed by atoms with E-state index in [1.807, 2.05) is 13.0 Å². The number of halogens is 1. The van der Waals surface area contributed by atoms with Crippen molar-refractivity contribution in [2.45, 2.75) is 52.6 Å². The second-order valence-corrected chi connectivity index (χ2v) is 7.37. The van der Waals surface area contributed by atoms with Gasteiger partial charge in [-0.05, 0) is 62.2 Å². The summed E-state index contributed by atoms with van der Waals surface area (Å²) in [6.45, 7) is 6.21. The molecule has 0 unspecified atom stereocenters. The normalized spacial score (nSPS) is 11.6. The Morgan fingerprint density at radius 2 is 1.79 bits per heavy atom. The van der Waals surface area contributed by atoms with Crippen molar-refractivity contribution in [3.63, 3.8) is 0 Å². The summed E-state index contributed by atoms with van der Waals surface area (Å²) in [5.74, 6) is -0.277. The van der Waals surface area contributed by atoms with Gasteiger partial charge in [-0.1, -0.05) is 43.9 Å². The number of hydrogen-bond acceptors (Lipinski definition) is 4.